The molecule has 0 aliphatic carbocycles. The second kappa shape index (κ2) is 6.39. The van der Waals surface area contributed by atoms with Crippen molar-refractivity contribution in [3.63, 3.8) is 0 Å². The van der Waals surface area contributed by atoms with Gasteiger partial charge in [-0.3, -0.25) is 9.59 Å². The van der Waals surface area contributed by atoms with E-state index in [1.54, 1.807) is 0 Å². The summed E-state index contributed by atoms with van der Waals surface area (Å²) in [4.78, 5) is 27.6. The average molecular weight is 288 g/mol. The second-order valence-corrected chi connectivity index (χ2v) is 5.23. The number of nitrogens with one attached hydrogen (secondary N) is 2. The number of aromatic nitrogens is 2. The van der Waals surface area contributed by atoms with E-state index >= 15 is 0 Å². The van der Waals surface area contributed by atoms with Crippen LogP contribution in [0.5, 0.6) is 0 Å². The molecule has 6 nitrogen and oxygen atoms in total. The molecule has 0 saturated heterocycles. The predicted octanol–water partition coefficient (Wildman–Crippen LogP) is 1.20. The summed E-state index contributed by atoms with van der Waals surface area (Å²) < 4.78 is 1.84. The van der Waals surface area contributed by atoms with Gasteiger partial charge in [0.15, 0.2) is 0 Å². The van der Waals surface area contributed by atoms with Gasteiger partial charge in [-0.2, -0.15) is 0 Å². The molecule has 2 amide bonds. The van der Waals surface area contributed by atoms with Crippen LogP contribution in [0.15, 0.2) is 24.3 Å². The lowest BCUT2D eigenvalue weighted by Crippen LogP contribution is -2.34. The highest BCUT2D eigenvalue weighted by atomic mass is 16.2. The van der Waals surface area contributed by atoms with Gasteiger partial charge in [0.2, 0.25) is 11.8 Å². The Morgan fingerprint density at radius 2 is 2.00 bits per heavy atom. The number of hydrogen-bond donors (Lipinski definition) is 2. The Balaban J connectivity index is 2.31. The summed E-state index contributed by atoms with van der Waals surface area (Å²) in [5.41, 5.74) is 1.70. The Labute approximate surface area is 123 Å². The third-order valence-corrected chi connectivity index (χ3v) is 2.98. The minimum absolute atomic E-state index is 0.0720. The minimum atomic E-state index is -0.125. The standard InChI is InChI=1S/C15H20N4O2/c1-10(2)17-15(21)9-19-13-7-5-4-6-12(13)18-14(19)8-16-11(3)20/h4-7,10H,8-9H2,1-3H3,(H,16,20)(H,17,21). The molecule has 0 spiro atoms. The highest BCUT2D eigenvalue weighted by molar-refractivity contribution is 5.81. The van der Waals surface area contributed by atoms with Crippen molar-refractivity contribution in [2.24, 2.45) is 0 Å². The number of nitrogens with zero attached hydrogens (tertiary/aromatic N) is 2. The lowest BCUT2D eigenvalue weighted by atomic mass is 10.3. The lowest BCUT2D eigenvalue weighted by molar-refractivity contribution is -0.122. The zero-order valence-electron chi connectivity index (χ0n) is 12.5. The van der Waals surface area contributed by atoms with Crippen LogP contribution >= 0.6 is 0 Å². The van der Waals surface area contributed by atoms with Crippen LogP contribution in [0.3, 0.4) is 0 Å². The van der Waals surface area contributed by atoms with E-state index in [4.69, 9.17) is 0 Å². The molecule has 2 rings (SSSR count). The topological polar surface area (TPSA) is 76.0 Å². The number of amides is 2. The molecule has 2 aromatic rings. The third kappa shape index (κ3) is 3.81. The van der Waals surface area contributed by atoms with Crippen LogP contribution < -0.4 is 10.6 Å². The van der Waals surface area contributed by atoms with Gasteiger partial charge in [0.05, 0.1) is 17.6 Å². The van der Waals surface area contributed by atoms with E-state index in [0.717, 1.165) is 11.0 Å². The molecule has 0 bridgehead atoms. The van der Waals surface area contributed by atoms with Gasteiger partial charge in [-0.15, -0.1) is 0 Å². The van der Waals surface area contributed by atoms with Crippen LogP contribution in [0.1, 0.15) is 26.6 Å². The monoisotopic (exact) mass is 288 g/mol. The van der Waals surface area contributed by atoms with Crippen molar-refractivity contribution in [1.29, 1.82) is 0 Å². The first kappa shape index (κ1) is 15.0. The maximum atomic E-state index is 12.0. The fraction of sp³-hybridized carbons (Fsp3) is 0.400. The van der Waals surface area contributed by atoms with Gasteiger partial charge >= 0.3 is 0 Å². The summed E-state index contributed by atoms with van der Waals surface area (Å²) in [6.45, 7) is 5.79. The number of fused-ring (bicyclic) bond motifs is 1. The van der Waals surface area contributed by atoms with Crippen LogP contribution in [0, 0.1) is 0 Å². The van der Waals surface area contributed by atoms with Crippen molar-refractivity contribution in [3.05, 3.63) is 30.1 Å². The third-order valence-electron chi connectivity index (χ3n) is 2.98. The normalized spacial score (nSPS) is 10.9. The van der Waals surface area contributed by atoms with Gasteiger partial charge in [0, 0.05) is 13.0 Å². The van der Waals surface area contributed by atoms with Crippen molar-refractivity contribution < 1.29 is 9.59 Å². The molecule has 1 aromatic heterocycles. The molecule has 0 atom stereocenters. The van der Waals surface area contributed by atoms with Crippen molar-refractivity contribution in [1.82, 2.24) is 20.2 Å². The molecule has 0 saturated carbocycles. The summed E-state index contributed by atoms with van der Waals surface area (Å²) in [6.07, 6.45) is 0. The number of para-hydroxylation sites is 2. The van der Waals surface area contributed by atoms with Crippen molar-refractivity contribution in [2.45, 2.75) is 39.9 Å². The predicted molar refractivity (Wildman–Crippen MR) is 80.5 cm³/mol. The number of rotatable bonds is 5. The number of benzene rings is 1. The molecule has 0 radical (unpaired) electrons. The molecule has 0 aliphatic rings. The second-order valence-electron chi connectivity index (χ2n) is 5.23. The first-order valence-corrected chi connectivity index (χ1v) is 6.95. The minimum Gasteiger partial charge on any atom is -0.352 e. The van der Waals surface area contributed by atoms with Crippen LogP contribution in [0.4, 0.5) is 0 Å². The van der Waals surface area contributed by atoms with E-state index in [2.05, 4.69) is 15.6 Å². The van der Waals surface area contributed by atoms with E-state index in [9.17, 15) is 9.59 Å². The van der Waals surface area contributed by atoms with E-state index in [-0.39, 0.29) is 24.4 Å². The Morgan fingerprint density at radius 1 is 1.29 bits per heavy atom. The molecule has 6 heteroatoms. The Kier molecular flexibility index (Phi) is 4.57. The Morgan fingerprint density at radius 3 is 2.67 bits per heavy atom. The molecule has 2 N–H and O–H groups in total. The van der Waals surface area contributed by atoms with Crippen molar-refractivity contribution in [3.8, 4) is 0 Å². The SMILES string of the molecule is CC(=O)NCc1nc2ccccc2n1CC(=O)NC(C)C. The van der Waals surface area contributed by atoms with Crippen LogP contribution in [0.25, 0.3) is 11.0 Å². The number of imidazole rings is 1. The van der Waals surface area contributed by atoms with E-state index in [1.807, 2.05) is 42.7 Å². The Bertz CT molecular complexity index is 661. The van der Waals surface area contributed by atoms with Crippen LogP contribution in [0.2, 0.25) is 0 Å². The molecule has 0 fully saturated rings. The Hall–Kier alpha value is -2.37. The van der Waals surface area contributed by atoms with Gasteiger partial charge in [-0.05, 0) is 26.0 Å². The maximum Gasteiger partial charge on any atom is 0.240 e. The van der Waals surface area contributed by atoms with Crippen LogP contribution in [-0.2, 0) is 22.7 Å². The van der Waals surface area contributed by atoms with Gasteiger partial charge in [-0.25, -0.2) is 4.98 Å². The molecule has 0 aliphatic heterocycles. The van der Waals surface area contributed by atoms with Crippen molar-refractivity contribution in [2.75, 3.05) is 0 Å². The summed E-state index contributed by atoms with van der Waals surface area (Å²) in [7, 11) is 0. The molecule has 1 heterocycles. The van der Waals surface area contributed by atoms with Gasteiger partial charge in [0.25, 0.3) is 0 Å². The van der Waals surface area contributed by atoms with E-state index in [1.165, 1.54) is 6.92 Å². The zero-order valence-corrected chi connectivity index (χ0v) is 12.5. The molecule has 112 valence electrons. The highest BCUT2D eigenvalue weighted by Gasteiger charge is 2.14. The molecular formula is C15H20N4O2. The first-order valence-electron chi connectivity index (χ1n) is 6.95. The zero-order chi connectivity index (χ0) is 15.4. The van der Waals surface area contributed by atoms with Gasteiger partial charge in [0.1, 0.15) is 12.4 Å². The maximum absolute atomic E-state index is 12.0. The average Bonchev–Trinajstić information content (AvgIpc) is 2.74. The lowest BCUT2D eigenvalue weighted by Gasteiger charge is -2.12. The number of hydrogen-bond acceptors (Lipinski definition) is 3. The van der Waals surface area contributed by atoms with E-state index < -0.39 is 0 Å². The summed E-state index contributed by atoms with van der Waals surface area (Å²) in [6, 6.07) is 7.70. The number of carbonyl (C=O) groups is 2. The highest BCUT2D eigenvalue weighted by Crippen LogP contribution is 2.15. The summed E-state index contributed by atoms with van der Waals surface area (Å²) in [5.74, 6) is 0.475. The smallest absolute Gasteiger partial charge is 0.240 e. The quantitative estimate of drug-likeness (QED) is 0.868. The van der Waals surface area contributed by atoms with Gasteiger partial charge < -0.3 is 15.2 Å². The largest absolute Gasteiger partial charge is 0.352 e. The first-order chi connectivity index (χ1) is 9.97. The summed E-state index contributed by atoms with van der Waals surface area (Å²) in [5, 5.41) is 5.59. The fourth-order valence-corrected chi connectivity index (χ4v) is 2.15. The van der Waals surface area contributed by atoms with Crippen molar-refractivity contribution >= 4 is 22.8 Å². The molecule has 0 unspecified atom stereocenters. The summed E-state index contributed by atoms with van der Waals surface area (Å²) >= 11 is 0. The molecule has 1 aromatic carbocycles. The molecule has 21 heavy (non-hydrogen) atoms. The number of carbonyl (C=O) groups excluding carboxylic acids is 2. The van der Waals surface area contributed by atoms with Gasteiger partial charge in [-0.1, -0.05) is 12.1 Å². The molecular weight excluding hydrogens is 268 g/mol. The van der Waals surface area contributed by atoms with E-state index in [0.29, 0.717) is 12.4 Å². The van der Waals surface area contributed by atoms with Crippen LogP contribution in [-0.4, -0.2) is 27.4 Å². The fourth-order valence-electron chi connectivity index (χ4n) is 2.15.